The van der Waals surface area contributed by atoms with Gasteiger partial charge in [-0.25, -0.2) is 9.18 Å². The van der Waals surface area contributed by atoms with Gasteiger partial charge in [0.2, 0.25) is 0 Å². The van der Waals surface area contributed by atoms with Crippen molar-refractivity contribution in [2.75, 3.05) is 6.67 Å². The van der Waals surface area contributed by atoms with E-state index in [4.69, 9.17) is 5.11 Å². The van der Waals surface area contributed by atoms with Gasteiger partial charge in [-0.1, -0.05) is 0 Å². The molecule has 13 heavy (non-hydrogen) atoms. The first-order valence-corrected chi connectivity index (χ1v) is 3.67. The lowest BCUT2D eigenvalue weighted by Gasteiger charge is -2.07. The van der Waals surface area contributed by atoms with Gasteiger partial charge in [-0.2, -0.15) is 0 Å². The highest BCUT2D eigenvalue weighted by Gasteiger charge is 2.05. The molecule has 1 rings (SSSR count). The normalized spacial score (nSPS) is 12.8. The molecule has 72 valence electrons. The fourth-order valence-electron chi connectivity index (χ4n) is 0.864. The van der Waals surface area contributed by atoms with Gasteiger partial charge in [0.15, 0.2) is 0 Å². The van der Waals surface area contributed by atoms with E-state index in [0.717, 1.165) is 10.6 Å². The van der Waals surface area contributed by atoms with E-state index in [2.05, 4.69) is 0 Å². The van der Waals surface area contributed by atoms with Crippen LogP contribution in [0.2, 0.25) is 0 Å². The van der Waals surface area contributed by atoms with Gasteiger partial charge in [-0.15, -0.1) is 0 Å². The maximum Gasteiger partial charge on any atom is 0.328 e. The number of rotatable bonds is 3. The molecule has 0 aromatic carbocycles. The predicted molar refractivity (Wildman–Crippen MR) is 43.3 cm³/mol. The van der Waals surface area contributed by atoms with Crippen molar-refractivity contribution < 1.29 is 9.50 Å². The summed E-state index contributed by atoms with van der Waals surface area (Å²) in [7, 11) is 0. The number of nitrogens with zero attached hydrogens (tertiary/aromatic N) is 1. The zero-order chi connectivity index (χ0) is 9.84. The first-order chi connectivity index (χ1) is 6.13. The summed E-state index contributed by atoms with van der Waals surface area (Å²) in [4.78, 5) is 23.5. The molecular formula is C7H9FN2O3. The molecule has 5 nitrogen and oxygen atoms in total. The van der Waals surface area contributed by atoms with Gasteiger partial charge < -0.3 is 5.11 Å². The Kier molecular flexibility index (Phi) is 2.97. The summed E-state index contributed by atoms with van der Waals surface area (Å²) < 4.78 is 12.9. The van der Waals surface area contributed by atoms with E-state index in [0.29, 0.717) is 0 Å². The summed E-state index contributed by atoms with van der Waals surface area (Å²) in [5.41, 5.74) is -1.17. The van der Waals surface area contributed by atoms with Crippen LogP contribution in [0.25, 0.3) is 0 Å². The SMILES string of the molecule is O=c1ccn(CC(O)CF)c(=O)[nH]1. The number of hydrogen-bond acceptors (Lipinski definition) is 3. The zero-order valence-corrected chi connectivity index (χ0v) is 6.74. The van der Waals surface area contributed by atoms with Crippen LogP contribution in [0.3, 0.4) is 0 Å². The van der Waals surface area contributed by atoms with E-state index in [1.54, 1.807) is 0 Å². The van der Waals surface area contributed by atoms with Gasteiger partial charge >= 0.3 is 5.69 Å². The Hall–Kier alpha value is -1.43. The molecular weight excluding hydrogens is 179 g/mol. The number of H-pyrrole nitrogens is 1. The van der Waals surface area contributed by atoms with Gasteiger partial charge in [0.05, 0.1) is 6.54 Å². The topological polar surface area (TPSA) is 75.1 Å². The molecule has 0 aliphatic heterocycles. The van der Waals surface area contributed by atoms with Crippen molar-refractivity contribution in [1.82, 2.24) is 9.55 Å². The molecule has 1 aromatic rings. The number of alkyl halides is 1. The summed E-state index contributed by atoms with van der Waals surface area (Å²) in [6, 6.07) is 1.13. The number of nitrogens with one attached hydrogen (secondary N) is 1. The van der Waals surface area contributed by atoms with Crippen LogP contribution in [0, 0.1) is 0 Å². The third-order valence-electron chi connectivity index (χ3n) is 1.48. The lowest BCUT2D eigenvalue weighted by molar-refractivity contribution is 0.120. The van der Waals surface area contributed by atoms with E-state index in [9.17, 15) is 14.0 Å². The molecule has 0 aliphatic carbocycles. The van der Waals surface area contributed by atoms with E-state index in [-0.39, 0.29) is 6.54 Å². The molecule has 0 radical (unpaired) electrons. The number of aromatic nitrogens is 2. The standard InChI is InChI=1S/C7H9FN2O3/c8-3-5(11)4-10-2-1-6(12)9-7(10)13/h1-2,5,11H,3-4H2,(H,9,12,13). The van der Waals surface area contributed by atoms with Crippen LogP contribution in [0.15, 0.2) is 21.9 Å². The molecule has 1 heterocycles. The third-order valence-corrected chi connectivity index (χ3v) is 1.48. The van der Waals surface area contributed by atoms with Crippen LogP contribution in [0.1, 0.15) is 0 Å². The van der Waals surface area contributed by atoms with Crippen LogP contribution < -0.4 is 11.2 Å². The highest BCUT2D eigenvalue weighted by atomic mass is 19.1. The number of hydrogen-bond donors (Lipinski definition) is 2. The van der Waals surface area contributed by atoms with Gasteiger partial charge in [0.25, 0.3) is 5.56 Å². The van der Waals surface area contributed by atoms with E-state index < -0.39 is 24.0 Å². The maximum atomic E-state index is 11.8. The van der Waals surface area contributed by atoms with E-state index >= 15 is 0 Å². The minimum atomic E-state index is -1.22. The number of halogens is 1. The Labute approximate surface area is 72.5 Å². The molecule has 1 aromatic heterocycles. The number of aliphatic hydroxyl groups excluding tert-OH is 1. The molecule has 0 amide bonds. The largest absolute Gasteiger partial charge is 0.389 e. The summed E-state index contributed by atoms with van der Waals surface area (Å²) >= 11 is 0. The fourth-order valence-corrected chi connectivity index (χ4v) is 0.864. The Balaban J connectivity index is 2.90. The molecule has 0 bridgehead atoms. The van der Waals surface area contributed by atoms with Crippen LogP contribution in [0.5, 0.6) is 0 Å². The lowest BCUT2D eigenvalue weighted by Crippen LogP contribution is -2.32. The smallest absolute Gasteiger partial charge is 0.328 e. The van der Waals surface area contributed by atoms with Crippen LogP contribution in [-0.4, -0.2) is 27.4 Å². The van der Waals surface area contributed by atoms with E-state index in [1.165, 1.54) is 6.20 Å². The lowest BCUT2D eigenvalue weighted by atomic mass is 10.4. The predicted octanol–water partition coefficient (Wildman–Crippen LogP) is -1.13. The minimum absolute atomic E-state index is 0.161. The molecule has 6 heteroatoms. The first kappa shape index (κ1) is 9.66. The minimum Gasteiger partial charge on any atom is -0.389 e. The molecule has 0 fully saturated rings. The quantitative estimate of drug-likeness (QED) is 0.630. The second-order valence-corrected chi connectivity index (χ2v) is 2.57. The molecule has 2 N–H and O–H groups in total. The molecule has 0 saturated heterocycles. The Morgan fingerprint density at radius 2 is 2.31 bits per heavy atom. The van der Waals surface area contributed by atoms with Gasteiger partial charge in [-0.3, -0.25) is 14.3 Å². The van der Waals surface area contributed by atoms with Crippen LogP contribution in [0.4, 0.5) is 4.39 Å². The van der Waals surface area contributed by atoms with Gasteiger partial charge in [-0.05, 0) is 0 Å². The highest BCUT2D eigenvalue weighted by Crippen LogP contribution is 1.87. The zero-order valence-electron chi connectivity index (χ0n) is 6.74. The van der Waals surface area contributed by atoms with Crippen molar-refractivity contribution in [1.29, 1.82) is 0 Å². The number of aromatic amines is 1. The Morgan fingerprint density at radius 1 is 1.62 bits per heavy atom. The Bertz CT molecular complexity index is 384. The van der Waals surface area contributed by atoms with Gasteiger partial charge in [0, 0.05) is 12.3 Å². The first-order valence-electron chi connectivity index (χ1n) is 3.67. The average Bonchev–Trinajstić information content (AvgIpc) is 2.09. The molecule has 0 aliphatic rings. The van der Waals surface area contributed by atoms with Crippen LogP contribution in [-0.2, 0) is 6.54 Å². The average molecular weight is 188 g/mol. The van der Waals surface area contributed by atoms with Crippen molar-refractivity contribution in [3.8, 4) is 0 Å². The van der Waals surface area contributed by atoms with Gasteiger partial charge in [0.1, 0.15) is 12.8 Å². The third kappa shape index (κ3) is 2.51. The maximum absolute atomic E-state index is 11.8. The van der Waals surface area contributed by atoms with Crippen molar-refractivity contribution in [3.05, 3.63) is 33.1 Å². The second-order valence-electron chi connectivity index (χ2n) is 2.57. The summed E-state index contributed by atoms with van der Waals surface area (Å²) in [5, 5.41) is 8.88. The monoisotopic (exact) mass is 188 g/mol. The summed E-state index contributed by atoms with van der Waals surface area (Å²) in [6.07, 6.45) is -0.0105. The second kappa shape index (κ2) is 3.99. The molecule has 0 spiro atoms. The highest BCUT2D eigenvalue weighted by molar-refractivity contribution is 4.82. The molecule has 1 unspecified atom stereocenters. The van der Waals surface area contributed by atoms with Crippen molar-refractivity contribution in [2.24, 2.45) is 0 Å². The Morgan fingerprint density at radius 3 is 2.85 bits per heavy atom. The van der Waals surface area contributed by atoms with Crippen molar-refractivity contribution in [2.45, 2.75) is 12.6 Å². The fraction of sp³-hybridized carbons (Fsp3) is 0.429. The molecule has 0 saturated carbocycles. The van der Waals surface area contributed by atoms with E-state index in [1.807, 2.05) is 4.98 Å². The number of aliphatic hydroxyl groups is 1. The van der Waals surface area contributed by atoms with Crippen molar-refractivity contribution in [3.63, 3.8) is 0 Å². The summed E-state index contributed by atoms with van der Waals surface area (Å²) in [5.74, 6) is 0. The summed E-state index contributed by atoms with van der Waals surface area (Å²) in [6.45, 7) is -1.09. The molecule has 1 atom stereocenters. The van der Waals surface area contributed by atoms with Crippen LogP contribution >= 0.6 is 0 Å². The van der Waals surface area contributed by atoms with Crippen molar-refractivity contribution >= 4 is 0 Å².